The van der Waals surface area contributed by atoms with Gasteiger partial charge in [-0.2, -0.15) is 0 Å². The van der Waals surface area contributed by atoms with Crippen LogP contribution in [0.3, 0.4) is 0 Å². The predicted molar refractivity (Wildman–Crippen MR) is 406 cm³/mol. The molecule has 1 fully saturated rings. The van der Waals surface area contributed by atoms with Crippen LogP contribution in [-0.2, 0) is 9.31 Å². The Morgan fingerprint density at radius 1 is 0.270 bits per heavy atom. The van der Waals surface area contributed by atoms with Gasteiger partial charge in [0.15, 0.2) is 34.9 Å². The van der Waals surface area contributed by atoms with Crippen molar-refractivity contribution in [3.63, 3.8) is 0 Å². The van der Waals surface area contributed by atoms with E-state index in [0.29, 0.717) is 78.8 Å². The van der Waals surface area contributed by atoms with Crippen molar-refractivity contribution >= 4 is 72.4 Å². The van der Waals surface area contributed by atoms with Crippen LogP contribution in [0, 0.1) is 0 Å². The SMILES string of the molecule is CC1(C)OB(c2cccc(-c3cccc(-c4nc(-c5ccccc5)nc(-c5ccccc5)n4)c3)c2)OC1(C)C.O=c1c2ccccc2oc2ccc(-c3cccc(-c4cccc(-c5nc(-c6ccccc6)nc(-c6ccccc6)n5)c4)c3)cc12.O=c1c2ccccc2oc2ccc(Br)cc12. The second-order valence-corrected chi connectivity index (χ2v) is 26.2. The van der Waals surface area contributed by atoms with Crippen LogP contribution in [0.15, 0.2) is 326 Å². The van der Waals surface area contributed by atoms with E-state index in [0.717, 1.165) is 76.7 Å². The number of fused-ring (bicyclic) bond motifs is 4. The highest BCUT2D eigenvalue weighted by Gasteiger charge is 2.51. The second-order valence-electron chi connectivity index (χ2n) is 25.2. The lowest BCUT2D eigenvalue weighted by molar-refractivity contribution is 0.00578. The van der Waals surface area contributed by atoms with Crippen molar-refractivity contribution in [2.75, 3.05) is 0 Å². The average Bonchev–Trinajstić information content (AvgIpc) is 1.49. The number of hydrogen-bond donors (Lipinski definition) is 0. The molecule has 482 valence electrons. The first-order chi connectivity index (χ1) is 48.7. The summed E-state index contributed by atoms with van der Waals surface area (Å²) in [5.74, 6) is 3.78. The molecule has 5 heterocycles. The van der Waals surface area contributed by atoms with Gasteiger partial charge in [-0.05, 0) is 139 Å². The summed E-state index contributed by atoms with van der Waals surface area (Å²) in [6, 6.07) is 99.1. The molecule has 14 heteroatoms. The van der Waals surface area contributed by atoms with Gasteiger partial charge in [-0.1, -0.05) is 246 Å². The molecule has 0 atom stereocenters. The van der Waals surface area contributed by atoms with E-state index in [4.69, 9.17) is 48.0 Å². The minimum absolute atomic E-state index is 0.0122. The molecule has 17 rings (SSSR count). The summed E-state index contributed by atoms with van der Waals surface area (Å²) in [6.45, 7) is 8.29. The third-order valence-corrected chi connectivity index (χ3v) is 18.5. The van der Waals surface area contributed by atoms with E-state index in [1.165, 1.54) is 0 Å². The Labute approximate surface area is 585 Å². The van der Waals surface area contributed by atoms with Gasteiger partial charge in [0, 0.05) is 37.9 Å². The molecule has 0 saturated carbocycles. The molecular weight excluding hydrogens is 1300 g/mol. The molecule has 1 saturated heterocycles. The van der Waals surface area contributed by atoms with E-state index in [1.54, 1.807) is 30.3 Å². The van der Waals surface area contributed by atoms with Gasteiger partial charge in [0.05, 0.1) is 32.7 Å². The van der Waals surface area contributed by atoms with Crippen LogP contribution in [0.4, 0.5) is 0 Å². The average molecular weight is 1370 g/mol. The fourth-order valence-electron chi connectivity index (χ4n) is 12.0. The summed E-state index contributed by atoms with van der Waals surface area (Å²) >= 11 is 3.35. The standard InChI is InChI=1S/C40H25N3O2.C33H30BN3O2.C13H7BrO2/c44-37-33-19-7-8-20-35(33)45-36-22-21-31(25-34(36)37)29-16-9-15-28(23-29)30-17-10-18-32(24-30)40-42-38(26-11-3-1-4-12-26)41-39(43-40)27-13-5-2-6-14-27;1-32(2)33(3,4)39-34(38-32)28-20-12-18-26(22-28)25-17-11-19-27(21-25)31-36-29(23-13-7-5-8-14-23)35-30(37-31)24-15-9-6-10-16-24;14-8-5-6-12-10(7-8)13(15)9-3-1-2-4-11(9)16-12/h1-25H;5-22H,1-4H3;1-7H. The Hall–Kier alpha value is -11.9. The quantitative estimate of drug-likeness (QED) is 0.0945. The minimum Gasteiger partial charge on any atom is -0.456 e. The van der Waals surface area contributed by atoms with E-state index >= 15 is 0 Å². The number of rotatable bonds is 10. The fraction of sp³-hybridized carbons (Fsp3) is 0.0698. The van der Waals surface area contributed by atoms with Crippen molar-refractivity contribution in [1.82, 2.24) is 29.9 Å². The molecule has 0 amide bonds. The Morgan fingerprint density at radius 3 is 0.970 bits per heavy atom. The monoisotopic (exact) mass is 1360 g/mol. The van der Waals surface area contributed by atoms with Gasteiger partial charge in [0.2, 0.25) is 10.9 Å². The third kappa shape index (κ3) is 13.5. The van der Waals surface area contributed by atoms with E-state index in [9.17, 15) is 9.59 Å². The zero-order valence-corrected chi connectivity index (χ0v) is 56.5. The van der Waals surface area contributed by atoms with E-state index in [1.807, 2.05) is 212 Å². The van der Waals surface area contributed by atoms with E-state index in [2.05, 4.69) is 104 Å². The Kier molecular flexibility index (Phi) is 17.6. The summed E-state index contributed by atoms with van der Waals surface area (Å²) in [7, 11) is -0.413. The van der Waals surface area contributed by atoms with Crippen molar-refractivity contribution in [2.24, 2.45) is 0 Å². The molecular formula is C86H62BBrN6O6. The first kappa shape index (κ1) is 64.1. The van der Waals surface area contributed by atoms with Gasteiger partial charge in [-0.3, -0.25) is 9.59 Å². The lowest BCUT2D eigenvalue weighted by Crippen LogP contribution is -2.41. The van der Waals surface area contributed by atoms with Gasteiger partial charge in [0.25, 0.3) is 0 Å². The van der Waals surface area contributed by atoms with Gasteiger partial charge in [-0.25, -0.2) is 29.9 Å². The highest BCUT2D eigenvalue weighted by atomic mass is 79.9. The van der Waals surface area contributed by atoms with E-state index in [-0.39, 0.29) is 22.1 Å². The van der Waals surface area contributed by atoms with Crippen LogP contribution in [0.25, 0.3) is 146 Å². The minimum atomic E-state index is -0.413. The topological polar surface area (TPSA) is 156 Å². The second kappa shape index (κ2) is 27.5. The first-order valence-electron chi connectivity index (χ1n) is 32.8. The smallest absolute Gasteiger partial charge is 0.456 e. The van der Waals surface area contributed by atoms with Crippen LogP contribution in [-0.4, -0.2) is 48.2 Å². The molecule has 100 heavy (non-hydrogen) atoms. The van der Waals surface area contributed by atoms with Crippen molar-refractivity contribution < 1.29 is 18.1 Å². The number of halogens is 1. The molecule has 12 aromatic carbocycles. The fourth-order valence-corrected chi connectivity index (χ4v) is 12.4. The maximum atomic E-state index is 13.3. The summed E-state index contributed by atoms with van der Waals surface area (Å²) < 4.78 is 25.2. The first-order valence-corrected chi connectivity index (χ1v) is 33.6. The Morgan fingerprint density at radius 2 is 0.560 bits per heavy atom. The number of nitrogens with zero attached hydrogens (tertiary/aromatic N) is 6. The summed E-state index contributed by atoms with van der Waals surface area (Å²) in [5.41, 5.74) is 14.3. The molecule has 0 N–H and O–H groups in total. The molecule has 0 spiro atoms. The van der Waals surface area contributed by atoms with Gasteiger partial charge >= 0.3 is 7.12 Å². The predicted octanol–water partition coefficient (Wildman–Crippen LogP) is 20.0. The molecule has 0 unspecified atom stereocenters. The summed E-state index contributed by atoms with van der Waals surface area (Å²) in [5, 5.41) is 2.37. The maximum Gasteiger partial charge on any atom is 0.494 e. The molecule has 12 nitrogen and oxygen atoms in total. The number of para-hydroxylation sites is 2. The molecule has 0 radical (unpaired) electrons. The van der Waals surface area contributed by atoms with Crippen LogP contribution in [0.5, 0.6) is 0 Å². The summed E-state index contributed by atoms with van der Waals surface area (Å²) in [4.78, 5) is 54.6. The van der Waals surface area contributed by atoms with Crippen molar-refractivity contribution in [2.45, 2.75) is 38.9 Å². The molecule has 4 aromatic heterocycles. The van der Waals surface area contributed by atoms with Gasteiger partial charge in [0.1, 0.15) is 22.3 Å². The van der Waals surface area contributed by atoms with Crippen molar-refractivity contribution in [3.8, 4) is 102 Å². The van der Waals surface area contributed by atoms with Crippen LogP contribution in [0.2, 0.25) is 0 Å². The number of benzene rings is 12. The normalized spacial score (nSPS) is 13.0. The van der Waals surface area contributed by atoms with Gasteiger partial charge in [-0.15, -0.1) is 0 Å². The third-order valence-electron chi connectivity index (χ3n) is 18.0. The maximum absolute atomic E-state index is 13.3. The Bertz CT molecular complexity index is 5710. The highest BCUT2D eigenvalue weighted by molar-refractivity contribution is 9.10. The Balaban J connectivity index is 0.000000134. The highest BCUT2D eigenvalue weighted by Crippen LogP contribution is 2.38. The molecule has 1 aliphatic rings. The van der Waals surface area contributed by atoms with Crippen LogP contribution < -0.4 is 16.3 Å². The van der Waals surface area contributed by atoms with Crippen molar-refractivity contribution in [1.29, 1.82) is 0 Å². The van der Waals surface area contributed by atoms with E-state index < -0.39 is 7.12 Å². The van der Waals surface area contributed by atoms with Gasteiger partial charge < -0.3 is 18.1 Å². The molecule has 16 aromatic rings. The summed E-state index contributed by atoms with van der Waals surface area (Å²) in [6.07, 6.45) is 0. The largest absolute Gasteiger partial charge is 0.494 e. The van der Waals surface area contributed by atoms with Crippen LogP contribution in [0.1, 0.15) is 27.7 Å². The lowest BCUT2D eigenvalue weighted by Gasteiger charge is -2.32. The number of aromatic nitrogens is 6. The van der Waals surface area contributed by atoms with Crippen molar-refractivity contribution in [3.05, 3.63) is 328 Å². The molecule has 0 bridgehead atoms. The number of hydrogen-bond acceptors (Lipinski definition) is 12. The van der Waals surface area contributed by atoms with Crippen LogP contribution >= 0.6 is 15.9 Å². The zero-order valence-electron chi connectivity index (χ0n) is 55.0. The zero-order chi connectivity index (χ0) is 68.3. The molecule has 0 aliphatic carbocycles. The lowest BCUT2D eigenvalue weighted by atomic mass is 9.78. The molecule has 1 aliphatic heterocycles.